The van der Waals surface area contributed by atoms with Crippen molar-refractivity contribution in [3.8, 4) is 16.9 Å². The van der Waals surface area contributed by atoms with Crippen molar-refractivity contribution in [2.24, 2.45) is 5.73 Å². The summed E-state index contributed by atoms with van der Waals surface area (Å²) in [6.45, 7) is -0.713. The van der Waals surface area contributed by atoms with Gasteiger partial charge in [-0.15, -0.1) is 0 Å². The number of aromatic nitrogens is 5. The Morgan fingerprint density at radius 3 is 2.61 bits per heavy atom. The van der Waals surface area contributed by atoms with Crippen LogP contribution in [0.3, 0.4) is 0 Å². The molecule has 0 aromatic carbocycles. The number of nitrogens with two attached hydrogens (primary N) is 1. The van der Waals surface area contributed by atoms with Gasteiger partial charge in [0, 0.05) is 44.2 Å². The minimum absolute atomic E-state index is 0.338. The number of hydrogen-bond donors (Lipinski definition) is 1. The molecule has 3 aromatic heterocycles. The van der Waals surface area contributed by atoms with Crippen LogP contribution < -0.4 is 16.3 Å². The zero-order valence-electron chi connectivity index (χ0n) is 15.4. The Balaban J connectivity index is 1.93. The highest BCUT2D eigenvalue weighted by Gasteiger charge is 2.12. The summed E-state index contributed by atoms with van der Waals surface area (Å²) < 4.78 is 27.8. The molecule has 3 heterocycles. The Labute approximate surface area is 159 Å². The zero-order chi connectivity index (χ0) is 20.3. The van der Waals surface area contributed by atoms with Gasteiger partial charge in [-0.2, -0.15) is 13.9 Å². The van der Waals surface area contributed by atoms with Crippen molar-refractivity contribution in [3.63, 3.8) is 0 Å². The van der Waals surface area contributed by atoms with Crippen LogP contribution in [0.15, 0.2) is 59.4 Å². The van der Waals surface area contributed by atoms with Crippen LogP contribution in [0.4, 0.5) is 14.6 Å². The first-order valence-corrected chi connectivity index (χ1v) is 8.38. The van der Waals surface area contributed by atoms with Crippen LogP contribution in [0.5, 0.6) is 0 Å². The van der Waals surface area contributed by atoms with E-state index in [1.165, 1.54) is 10.9 Å². The van der Waals surface area contributed by atoms with E-state index >= 15 is 0 Å². The van der Waals surface area contributed by atoms with Crippen molar-refractivity contribution in [1.29, 1.82) is 0 Å². The monoisotopic (exact) mass is 387 g/mol. The maximum Gasteiger partial charge on any atom is 0.350 e. The summed E-state index contributed by atoms with van der Waals surface area (Å²) in [4.78, 5) is 23.1. The summed E-state index contributed by atoms with van der Waals surface area (Å²) in [5.74, 6) is 0.807. The Kier molecular flexibility index (Phi) is 5.59. The number of hydrogen-bond acceptors (Lipinski definition) is 6. The Bertz CT molecular complexity index is 1050. The lowest BCUT2D eigenvalue weighted by atomic mass is 10.2. The van der Waals surface area contributed by atoms with E-state index in [0.717, 1.165) is 16.1 Å². The van der Waals surface area contributed by atoms with Crippen LogP contribution in [0.2, 0.25) is 0 Å². The lowest BCUT2D eigenvalue weighted by Crippen LogP contribution is -2.26. The van der Waals surface area contributed by atoms with Crippen molar-refractivity contribution >= 4 is 5.82 Å². The summed E-state index contributed by atoms with van der Waals surface area (Å²) >= 11 is 0. The van der Waals surface area contributed by atoms with Crippen LogP contribution >= 0.6 is 0 Å². The fraction of sp³-hybridized carbons (Fsp3) is 0.222. The van der Waals surface area contributed by atoms with Crippen molar-refractivity contribution < 1.29 is 8.78 Å². The molecule has 0 aliphatic heterocycles. The van der Waals surface area contributed by atoms with Gasteiger partial charge in [-0.1, -0.05) is 0 Å². The summed E-state index contributed by atoms with van der Waals surface area (Å²) in [5.41, 5.74) is 6.32. The quantitative estimate of drug-likeness (QED) is 0.691. The second kappa shape index (κ2) is 8.09. The third kappa shape index (κ3) is 3.96. The molecule has 10 heteroatoms. The molecule has 3 rings (SSSR count). The van der Waals surface area contributed by atoms with Crippen molar-refractivity contribution in [3.05, 3.63) is 65.1 Å². The second-order valence-electron chi connectivity index (χ2n) is 6.21. The van der Waals surface area contributed by atoms with Crippen molar-refractivity contribution in [2.45, 2.75) is 6.54 Å². The molecule has 0 saturated carbocycles. The fourth-order valence-corrected chi connectivity index (χ4v) is 2.53. The van der Waals surface area contributed by atoms with Gasteiger partial charge >= 0.3 is 5.69 Å². The predicted molar refractivity (Wildman–Crippen MR) is 101 cm³/mol. The molecule has 3 aromatic rings. The second-order valence-corrected chi connectivity index (χ2v) is 6.21. The highest BCUT2D eigenvalue weighted by Crippen LogP contribution is 2.20. The SMILES string of the molecule is CN(C)c1ccc(-c2cc(-n3cnn(CC(CN)=C(F)F)c3=O)ccn2)cn1. The topological polar surface area (TPSA) is 94.9 Å². The lowest BCUT2D eigenvalue weighted by Gasteiger charge is -2.11. The predicted octanol–water partition coefficient (Wildman–Crippen LogP) is 1.67. The van der Waals surface area contributed by atoms with Gasteiger partial charge < -0.3 is 10.6 Å². The van der Waals surface area contributed by atoms with Gasteiger partial charge in [0.15, 0.2) is 0 Å². The average molecular weight is 387 g/mol. The van der Waals surface area contributed by atoms with Gasteiger partial charge in [-0.25, -0.2) is 19.0 Å². The molecule has 0 radical (unpaired) electrons. The molecule has 0 aliphatic rings. The molecule has 0 spiro atoms. The maximum absolute atomic E-state index is 12.8. The van der Waals surface area contributed by atoms with E-state index < -0.39 is 11.8 Å². The molecule has 0 fully saturated rings. The average Bonchev–Trinajstić information content (AvgIpc) is 3.06. The molecule has 0 unspecified atom stereocenters. The van der Waals surface area contributed by atoms with Crippen molar-refractivity contribution in [2.75, 3.05) is 25.5 Å². The molecule has 146 valence electrons. The van der Waals surface area contributed by atoms with E-state index in [4.69, 9.17) is 5.73 Å². The molecular formula is C18H19F2N7O. The fourth-order valence-electron chi connectivity index (χ4n) is 2.53. The van der Waals surface area contributed by atoms with Gasteiger partial charge in [-0.3, -0.25) is 4.98 Å². The first-order chi connectivity index (χ1) is 13.4. The molecule has 0 bridgehead atoms. The largest absolute Gasteiger partial charge is 0.363 e. The van der Waals surface area contributed by atoms with E-state index in [0.29, 0.717) is 11.4 Å². The van der Waals surface area contributed by atoms with Crippen LogP contribution in [0.25, 0.3) is 16.9 Å². The van der Waals surface area contributed by atoms with Gasteiger partial charge in [0.1, 0.15) is 12.1 Å². The smallest absolute Gasteiger partial charge is 0.350 e. The van der Waals surface area contributed by atoms with E-state index in [2.05, 4.69) is 15.1 Å². The minimum Gasteiger partial charge on any atom is -0.363 e. The molecule has 0 atom stereocenters. The third-order valence-electron chi connectivity index (χ3n) is 4.11. The van der Waals surface area contributed by atoms with Crippen LogP contribution in [0.1, 0.15) is 0 Å². The number of anilines is 1. The number of halogens is 2. The summed E-state index contributed by atoms with van der Waals surface area (Å²) in [7, 11) is 3.79. The number of pyridine rings is 2. The normalized spacial score (nSPS) is 10.8. The van der Waals surface area contributed by atoms with Gasteiger partial charge in [0.2, 0.25) is 0 Å². The summed E-state index contributed by atoms with van der Waals surface area (Å²) in [6.07, 6.45) is 2.62. The number of rotatable bonds is 6. The Morgan fingerprint density at radius 1 is 1.21 bits per heavy atom. The van der Waals surface area contributed by atoms with Crippen molar-refractivity contribution in [1.82, 2.24) is 24.3 Å². The van der Waals surface area contributed by atoms with Gasteiger partial charge in [-0.05, 0) is 24.3 Å². The molecule has 28 heavy (non-hydrogen) atoms. The third-order valence-corrected chi connectivity index (χ3v) is 4.11. The highest BCUT2D eigenvalue weighted by atomic mass is 19.3. The Hall–Kier alpha value is -3.40. The molecular weight excluding hydrogens is 368 g/mol. The molecule has 0 saturated heterocycles. The van der Waals surface area contributed by atoms with E-state index in [1.807, 2.05) is 31.1 Å². The van der Waals surface area contributed by atoms with Crippen LogP contribution in [-0.4, -0.2) is 45.0 Å². The van der Waals surface area contributed by atoms with Crippen LogP contribution in [0, 0.1) is 0 Å². The van der Waals surface area contributed by atoms with E-state index in [-0.39, 0.29) is 18.7 Å². The summed E-state index contributed by atoms with van der Waals surface area (Å²) in [6, 6.07) is 7.08. The summed E-state index contributed by atoms with van der Waals surface area (Å²) in [5, 5.41) is 3.90. The molecule has 0 amide bonds. The zero-order valence-corrected chi connectivity index (χ0v) is 15.4. The lowest BCUT2D eigenvalue weighted by molar-refractivity contribution is 0.400. The minimum atomic E-state index is -1.90. The van der Waals surface area contributed by atoms with E-state index in [9.17, 15) is 13.6 Å². The van der Waals surface area contributed by atoms with Gasteiger partial charge in [0.25, 0.3) is 6.08 Å². The first kappa shape index (κ1) is 19.4. The Morgan fingerprint density at radius 2 is 2.00 bits per heavy atom. The standard InChI is InChI=1S/C18H19F2N7O/c1-25(2)16-4-3-12(9-23-16)15-7-14(5-6-22-15)26-11-24-27(18(26)28)10-13(8-21)17(19)20/h3-7,9,11H,8,10,21H2,1-2H3. The molecule has 2 N–H and O–H groups in total. The van der Waals surface area contributed by atoms with Crippen LogP contribution in [-0.2, 0) is 6.54 Å². The van der Waals surface area contributed by atoms with E-state index in [1.54, 1.807) is 24.5 Å². The maximum atomic E-state index is 12.8. The first-order valence-electron chi connectivity index (χ1n) is 8.38. The number of nitrogens with zero attached hydrogens (tertiary/aromatic N) is 6. The van der Waals surface area contributed by atoms with Gasteiger partial charge in [0.05, 0.1) is 17.9 Å². The molecule has 8 nitrogen and oxygen atoms in total. The highest BCUT2D eigenvalue weighted by molar-refractivity contribution is 5.62. The molecule has 0 aliphatic carbocycles.